The summed E-state index contributed by atoms with van der Waals surface area (Å²) in [4.78, 5) is 24.1. The molecule has 0 radical (unpaired) electrons. The highest BCUT2D eigenvalue weighted by Crippen LogP contribution is 2.28. The maximum absolute atomic E-state index is 12.1. The van der Waals surface area contributed by atoms with Crippen molar-refractivity contribution in [2.75, 3.05) is 31.7 Å². The average Bonchev–Trinajstić information content (AvgIpc) is 2.49. The molecule has 6 heteroatoms. The summed E-state index contributed by atoms with van der Waals surface area (Å²) < 4.78 is 10.2. The molecule has 2 aliphatic rings. The van der Waals surface area contributed by atoms with E-state index in [1.54, 1.807) is 0 Å². The third kappa shape index (κ3) is 3.23. The number of nitrogens with one attached hydrogen (secondary N) is 2. The number of rotatable bonds is 5. The van der Waals surface area contributed by atoms with Crippen molar-refractivity contribution in [1.82, 2.24) is 5.32 Å². The summed E-state index contributed by atoms with van der Waals surface area (Å²) in [7, 11) is 0. The van der Waals surface area contributed by atoms with E-state index >= 15 is 0 Å². The summed E-state index contributed by atoms with van der Waals surface area (Å²) in [5.74, 6) is -0.0123. The molecular formula is C17H22N2O4. The van der Waals surface area contributed by atoms with Crippen LogP contribution in [0.5, 0.6) is 0 Å². The molecule has 1 aromatic rings. The van der Waals surface area contributed by atoms with Gasteiger partial charge in [-0.1, -0.05) is 12.1 Å². The predicted octanol–water partition coefficient (Wildman–Crippen LogP) is 1.31. The molecule has 2 amide bonds. The summed E-state index contributed by atoms with van der Waals surface area (Å²) in [5.41, 5.74) is 0.914. The molecule has 2 fully saturated rings. The fourth-order valence-corrected chi connectivity index (χ4v) is 2.46. The third-order valence-electron chi connectivity index (χ3n) is 4.44. The van der Waals surface area contributed by atoms with Crippen LogP contribution >= 0.6 is 0 Å². The normalized spacial score (nSPS) is 20.8. The molecular weight excluding hydrogens is 296 g/mol. The van der Waals surface area contributed by atoms with Crippen molar-refractivity contribution in [3.8, 4) is 0 Å². The first kappa shape index (κ1) is 16.0. The van der Waals surface area contributed by atoms with E-state index in [0.29, 0.717) is 33.0 Å². The standard InChI is InChI=1S/C17H22N2O4/c1-16(8-22-9-16)14(20)18-7-12-3-5-13(6-4-12)19-15(21)17(2)10-23-11-17/h3-6H,7-11H2,1-2H3,(H,18,20)(H,19,21). The number of hydrogen-bond donors (Lipinski definition) is 2. The van der Waals surface area contributed by atoms with Gasteiger partial charge in [-0.2, -0.15) is 0 Å². The van der Waals surface area contributed by atoms with Crippen molar-refractivity contribution in [1.29, 1.82) is 0 Å². The van der Waals surface area contributed by atoms with Gasteiger partial charge < -0.3 is 20.1 Å². The molecule has 124 valence electrons. The Labute approximate surface area is 135 Å². The van der Waals surface area contributed by atoms with Crippen molar-refractivity contribution < 1.29 is 19.1 Å². The van der Waals surface area contributed by atoms with Gasteiger partial charge in [0.05, 0.1) is 37.3 Å². The molecule has 2 heterocycles. The van der Waals surface area contributed by atoms with E-state index < -0.39 is 10.8 Å². The van der Waals surface area contributed by atoms with E-state index in [4.69, 9.17) is 9.47 Å². The lowest BCUT2D eigenvalue weighted by Crippen LogP contribution is -2.51. The fourth-order valence-electron chi connectivity index (χ4n) is 2.46. The largest absolute Gasteiger partial charge is 0.379 e. The van der Waals surface area contributed by atoms with Crippen LogP contribution in [0.4, 0.5) is 5.69 Å². The summed E-state index contributed by atoms with van der Waals surface area (Å²) >= 11 is 0. The molecule has 0 spiro atoms. The Morgan fingerprint density at radius 2 is 1.48 bits per heavy atom. The van der Waals surface area contributed by atoms with Gasteiger partial charge in [0.25, 0.3) is 0 Å². The molecule has 0 unspecified atom stereocenters. The minimum absolute atomic E-state index is 0.0130. The van der Waals surface area contributed by atoms with Crippen LogP contribution in [-0.2, 0) is 25.6 Å². The van der Waals surface area contributed by atoms with Gasteiger partial charge in [0.15, 0.2) is 0 Å². The highest BCUT2D eigenvalue weighted by molar-refractivity contribution is 5.95. The van der Waals surface area contributed by atoms with Crippen LogP contribution < -0.4 is 10.6 Å². The molecule has 0 bridgehead atoms. The van der Waals surface area contributed by atoms with Crippen molar-refractivity contribution in [3.05, 3.63) is 29.8 Å². The summed E-state index contributed by atoms with van der Waals surface area (Å²) in [5, 5.41) is 5.82. The van der Waals surface area contributed by atoms with E-state index in [1.165, 1.54) is 0 Å². The number of carbonyl (C=O) groups excluding carboxylic acids is 2. The van der Waals surface area contributed by atoms with Gasteiger partial charge in [0.2, 0.25) is 11.8 Å². The highest BCUT2D eigenvalue weighted by Gasteiger charge is 2.41. The van der Waals surface area contributed by atoms with Crippen molar-refractivity contribution in [2.24, 2.45) is 10.8 Å². The second kappa shape index (κ2) is 5.94. The van der Waals surface area contributed by atoms with Gasteiger partial charge in [-0.05, 0) is 31.5 Å². The second-order valence-corrected chi connectivity index (χ2v) is 6.94. The molecule has 1 aromatic carbocycles. The first-order valence-corrected chi connectivity index (χ1v) is 7.76. The molecule has 0 aromatic heterocycles. The predicted molar refractivity (Wildman–Crippen MR) is 84.8 cm³/mol. The Bertz CT molecular complexity index is 604. The molecule has 23 heavy (non-hydrogen) atoms. The van der Waals surface area contributed by atoms with Crippen LogP contribution in [-0.4, -0.2) is 38.2 Å². The number of benzene rings is 1. The second-order valence-electron chi connectivity index (χ2n) is 6.94. The monoisotopic (exact) mass is 318 g/mol. The smallest absolute Gasteiger partial charge is 0.234 e. The van der Waals surface area contributed by atoms with Gasteiger partial charge in [0, 0.05) is 12.2 Å². The number of hydrogen-bond acceptors (Lipinski definition) is 4. The lowest BCUT2D eigenvalue weighted by molar-refractivity contribution is -0.157. The quantitative estimate of drug-likeness (QED) is 0.858. The molecule has 0 atom stereocenters. The van der Waals surface area contributed by atoms with Gasteiger partial charge in [-0.25, -0.2) is 0 Å². The maximum atomic E-state index is 12.1. The zero-order valence-electron chi connectivity index (χ0n) is 13.5. The van der Waals surface area contributed by atoms with E-state index in [9.17, 15) is 9.59 Å². The SMILES string of the molecule is CC1(C(=O)NCc2ccc(NC(=O)C3(C)COC3)cc2)COC1. The molecule has 2 saturated heterocycles. The molecule has 3 rings (SSSR count). The Morgan fingerprint density at radius 1 is 0.957 bits per heavy atom. The van der Waals surface area contributed by atoms with Crippen LogP contribution in [0.3, 0.4) is 0 Å². The summed E-state index contributed by atoms with van der Waals surface area (Å²) in [6.45, 7) is 6.14. The number of amides is 2. The number of carbonyl (C=O) groups is 2. The third-order valence-corrected chi connectivity index (χ3v) is 4.44. The van der Waals surface area contributed by atoms with E-state index in [-0.39, 0.29) is 11.8 Å². The van der Waals surface area contributed by atoms with Crippen LogP contribution in [0, 0.1) is 10.8 Å². The number of anilines is 1. The lowest BCUT2D eigenvalue weighted by atomic mass is 9.87. The van der Waals surface area contributed by atoms with Crippen LogP contribution in [0.2, 0.25) is 0 Å². The van der Waals surface area contributed by atoms with Crippen LogP contribution in [0.25, 0.3) is 0 Å². The lowest BCUT2D eigenvalue weighted by Gasteiger charge is -2.36. The Hall–Kier alpha value is -1.92. The van der Waals surface area contributed by atoms with Gasteiger partial charge in [-0.3, -0.25) is 9.59 Å². The molecule has 0 saturated carbocycles. The Kier molecular flexibility index (Phi) is 4.12. The van der Waals surface area contributed by atoms with E-state index in [2.05, 4.69) is 10.6 Å². The topological polar surface area (TPSA) is 76.7 Å². The molecule has 2 N–H and O–H groups in total. The summed E-state index contributed by atoms with van der Waals surface area (Å²) in [6.07, 6.45) is 0. The molecule has 2 aliphatic heterocycles. The minimum Gasteiger partial charge on any atom is -0.379 e. The molecule has 6 nitrogen and oxygen atoms in total. The first-order chi connectivity index (χ1) is 10.9. The fraction of sp³-hybridized carbons (Fsp3) is 0.529. The zero-order chi connectivity index (χ0) is 16.5. The van der Waals surface area contributed by atoms with E-state index in [1.807, 2.05) is 38.1 Å². The Balaban J connectivity index is 1.51. The minimum atomic E-state index is -0.424. The van der Waals surface area contributed by atoms with E-state index in [0.717, 1.165) is 11.3 Å². The van der Waals surface area contributed by atoms with Crippen molar-refractivity contribution >= 4 is 17.5 Å². The van der Waals surface area contributed by atoms with Crippen molar-refractivity contribution in [3.63, 3.8) is 0 Å². The maximum Gasteiger partial charge on any atom is 0.234 e. The Morgan fingerprint density at radius 3 is 1.96 bits per heavy atom. The van der Waals surface area contributed by atoms with Crippen LogP contribution in [0.15, 0.2) is 24.3 Å². The zero-order valence-corrected chi connectivity index (χ0v) is 13.5. The van der Waals surface area contributed by atoms with Crippen LogP contribution in [0.1, 0.15) is 19.4 Å². The first-order valence-electron chi connectivity index (χ1n) is 7.76. The highest BCUT2D eigenvalue weighted by atomic mass is 16.5. The average molecular weight is 318 g/mol. The van der Waals surface area contributed by atoms with Gasteiger partial charge in [0.1, 0.15) is 0 Å². The molecule has 0 aliphatic carbocycles. The number of ether oxygens (including phenoxy) is 2. The summed E-state index contributed by atoms with van der Waals surface area (Å²) in [6, 6.07) is 7.48. The van der Waals surface area contributed by atoms with Gasteiger partial charge >= 0.3 is 0 Å². The van der Waals surface area contributed by atoms with Crippen molar-refractivity contribution in [2.45, 2.75) is 20.4 Å². The van der Waals surface area contributed by atoms with Gasteiger partial charge in [-0.15, -0.1) is 0 Å².